The van der Waals surface area contributed by atoms with Gasteiger partial charge in [-0.1, -0.05) is 6.42 Å². The quantitative estimate of drug-likeness (QED) is 0.830. The Morgan fingerprint density at radius 3 is 2.22 bits per heavy atom. The van der Waals surface area contributed by atoms with Crippen molar-refractivity contribution in [3.05, 3.63) is 35.1 Å². The molecule has 0 unspecified atom stereocenters. The number of halogens is 4. The van der Waals surface area contributed by atoms with Gasteiger partial charge in [-0.25, -0.2) is 4.39 Å². The van der Waals surface area contributed by atoms with Gasteiger partial charge < -0.3 is 5.11 Å². The van der Waals surface area contributed by atoms with E-state index in [9.17, 15) is 22.4 Å². The molecule has 1 aromatic rings. The van der Waals surface area contributed by atoms with Gasteiger partial charge in [0.15, 0.2) is 0 Å². The summed E-state index contributed by atoms with van der Waals surface area (Å²) in [5.41, 5.74) is -2.61. The van der Waals surface area contributed by atoms with E-state index in [1.807, 2.05) is 0 Å². The molecule has 18 heavy (non-hydrogen) atoms. The number of carboxylic acid groups (broad SMARTS) is 1. The maximum absolute atomic E-state index is 13.2. The minimum atomic E-state index is -4.68. The number of hydrogen-bond acceptors (Lipinski definition) is 1. The lowest BCUT2D eigenvalue weighted by atomic mass is 9.64. The fourth-order valence-corrected chi connectivity index (χ4v) is 2.19. The number of aliphatic carboxylic acids is 1. The lowest BCUT2D eigenvalue weighted by Crippen LogP contribution is -2.42. The number of carbonyl (C=O) groups is 1. The Kier molecular flexibility index (Phi) is 2.83. The van der Waals surface area contributed by atoms with E-state index in [2.05, 4.69) is 0 Å². The number of hydrogen-bond donors (Lipinski definition) is 1. The summed E-state index contributed by atoms with van der Waals surface area (Å²) in [5.74, 6) is -2.26. The molecule has 1 aromatic carbocycles. The van der Waals surface area contributed by atoms with Gasteiger partial charge in [0, 0.05) is 0 Å². The predicted molar refractivity (Wildman–Crippen MR) is 54.6 cm³/mol. The van der Waals surface area contributed by atoms with Gasteiger partial charge in [-0.3, -0.25) is 4.79 Å². The van der Waals surface area contributed by atoms with Crippen molar-refractivity contribution in [3.8, 4) is 0 Å². The molecule has 1 fully saturated rings. The predicted octanol–water partition coefficient (Wildman–Crippen LogP) is 3.35. The molecular weight excluding hydrogens is 252 g/mol. The van der Waals surface area contributed by atoms with Crippen LogP contribution in [0.5, 0.6) is 0 Å². The molecule has 0 atom stereocenters. The van der Waals surface area contributed by atoms with Gasteiger partial charge in [0.05, 0.1) is 11.0 Å². The number of carboxylic acids is 1. The molecule has 0 aromatic heterocycles. The van der Waals surface area contributed by atoms with Crippen molar-refractivity contribution < 1.29 is 27.5 Å². The molecule has 2 rings (SSSR count). The van der Waals surface area contributed by atoms with Crippen molar-refractivity contribution in [1.82, 2.24) is 0 Å². The van der Waals surface area contributed by atoms with Crippen LogP contribution in [0.3, 0.4) is 0 Å². The molecule has 98 valence electrons. The van der Waals surface area contributed by atoms with E-state index in [1.165, 1.54) is 0 Å². The molecule has 0 saturated heterocycles. The van der Waals surface area contributed by atoms with Crippen molar-refractivity contribution in [2.75, 3.05) is 0 Å². The van der Waals surface area contributed by atoms with Crippen LogP contribution in [0.25, 0.3) is 0 Å². The Balaban J connectivity index is 2.52. The zero-order chi connectivity index (χ0) is 13.6. The van der Waals surface area contributed by atoms with Crippen molar-refractivity contribution in [2.45, 2.75) is 30.9 Å². The van der Waals surface area contributed by atoms with Crippen LogP contribution >= 0.6 is 0 Å². The highest BCUT2D eigenvalue weighted by atomic mass is 19.4. The zero-order valence-electron chi connectivity index (χ0n) is 9.22. The summed E-state index contributed by atoms with van der Waals surface area (Å²) < 4.78 is 50.9. The van der Waals surface area contributed by atoms with Gasteiger partial charge in [-0.05, 0) is 36.6 Å². The molecule has 0 spiro atoms. The fourth-order valence-electron chi connectivity index (χ4n) is 2.19. The van der Waals surface area contributed by atoms with E-state index in [4.69, 9.17) is 5.11 Å². The minimum Gasteiger partial charge on any atom is -0.481 e. The third kappa shape index (κ3) is 1.95. The van der Waals surface area contributed by atoms with Crippen LogP contribution in [0.15, 0.2) is 18.2 Å². The highest BCUT2D eigenvalue weighted by molar-refractivity contribution is 5.82. The number of alkyl halides is 3. The highest BCUT2D eigenvalue weighted by Crippen LogP contribution is 2.45. The molecule has 0 radical (unpaired) electrons. The fraction of sp³-hybridized carbons (Fsp3) is 0.417. The Morgan fingerprint density at radius 1 is 1.22 bits per heavy atom. The van der Waals surface area contributed by atoms with E-state index in [-0.39, 0.29) is 18.4 Å². The van der Waals surface area contributed by atoms with Crippen LogP contribution in [0.1, 0.15) is 30.4 Å². The first-order valence-corrected chi connectivity index (χ1v) is 5.37. The molecule has 2 nitrogen and oxygen atoms in total. The summed E-state index contributed by atoms with van der Waals surface area (Å²) in [6.07, 6.45) is -3.59. The van der Waals surface area contributed by atoms with Crippen LogP contribution in [-0.4, -0.2) is 11.1 Å². The largest absolute Gasteiger partial charge is 0.481 e. The summed E-state index contributed by atoms with van der Waals surface area (Å²) in [7, 11) is 0. The minimum absolute atomic E-state index is 0.103. The zero-order valence-corrected chi connectivity index (χ0v) is 9.22. The Hall–Kier alpha value is -1.59. The summed E-state index contributed by atoms with van der Waals surface area (Å²) in [6.45, 7) is 0. The summed E-state index contributed by atoms with van der Waals surface area (Å²) >= 11 is 0. The van der Waals surface area contributed by atoms with Crippen LogP contribution in [-0.2, 0) is 16.4 Å². The monoisotopic (exact) mass is 262 g/mol. The van der Waals surface area contributed by atoms with Gasteiger partial charge in [-0.15, -0.1) is 0 Å². The maximum atomic E-state index is 13.2. The third-order valence-electron chi connectivity index (χ3n) is 3.39. The van der Waals surface area contributed by atoms with Gasteiger partial charge in [0.25, 0.3) is 0 Å². The molecule has 0 bridgehead atoms. The molecule has 0 heterocycles. The van der Waals surface area contributed by atoms with Crippen molar-refractivity contribution in [2.24, 2.45) is 0 Å². The molecule has 0 amide bonds. The van der Waals surface area contributed by atoms with Gasteiger partial charge in [-0.2, -0.15) is 13.2 Å². The van der Waals surface area contributed by atoms with Gasteiger partial charge in [0.2, 0.25) is 0 Å². The maximum Gasteiger partial charge on any atom is 0.416 e. The topological polar surface area (TPSA) is 37.3 Å². The van der Waals surface area contributed by atoms with Crippen LogP contribution < -0.4 is 0 Å². The van der Waals surface area contributed by atoms with Crippen molar-refractivity contribution in [3.63, 3.8) is 0 Å². The number of benzene rings is 1. The van der Waals surface area contributed by atoms with E-state index in [0.717, 1.165) is 12.1 Å². The molecule has 1 saturated carbocycles. The summed E-state index contributed by atoms with van der Waals surface area (Å²) in [4.78, 5) is 11.2. The number of rotatable bonds is 2. The van der Waals surface area contributed by atoms with E-state index < -0.39 is 28.9 Å². The SMILES string of the molecule is O=C(O)C1(c2cc(F)cc(C(F)(F)F)c2)CCC1. The first kappa shape index (κ1) is 12.9. The van der Waals surface area contributed by atoms with Gasteiger partial charge >= 0.3 is 12.1 Å². The van der Waals surface area contributed by atoms with Gasteiger partial charge in [0.1, 0.15) is 5.82 Å². The van der Waals surface area contributed by atoms with E-state index in [1.54, 1.807) is 0 Å². The molecule has 0 aliphatic heterocycles. The Labute approximate surface area is 100 Å². The lowest BCUT2D eigenvalue weighted by Gasteiger charge is -2.38. The standard InChI is InChI=1S/C12H10F4O2/c13-9-5-7(4-8(6-9)12(14,15)16)11(10(17)18)2-1-3-11/h4-6H,1-3H2,(H,17,18). The lowest BCUT2D eigenvalue weighted by molar-refractivity contribution is -0.148. The normalized spacial score (nSPS) is 18.2. The summed E-state index contributed by atoms with van der Waals surface area (Å²) in [6, 6.07) is 1.98. The second-order valence-electron chi connectivity index (χ2n) is 4.47. The molecular formula is C12H10F4O2. The second kappa shape index (κ2) is 3.96. The Bertz CT molecular complexity index is 489. The molecule has 1 aliphatic rings. The highest BCUT2D eigenvalue weighted by Gasteiger charge is 2.47. The first-order valence-electron chi connectivity index (χ1n) is 5.37. The van der Waals surface area contributed by atoms with E-state index in [0.29, 0.717) is 12.5 Å². The second-order valence-corrected chi connectivity index (χ2v) is 4.47. The summed E-state index contributed by atoms with van der Waals surface area (Å²) in [5, 5.41) is 9.12. The van der Waals surface area contributed by atoms with Crippen LogP contribution in [0, 0.1) is 5.82 Å². The first-order chi connectivity index (χ1) is 8.25. The molecule has 1 aliphatic carbocycles. The molecule has 6 heteroatoms. The van der Waals surface area contributed by atoms with Crippen molar-refractivity contribution >= 4 is 5.97 Å². The average molecular weight is 262 g/mol. The van der Waals surface area contributed by atoms with E-state index >= 15 is 0 Å². The third-order valence-corrected chi connectivity index (χ3v) is 3.39. The van der Waals surface area contributed by atoms with Crippen LogP contribution in [0.4, 0.5) is 17.6 Å². The molecule has 1 N–H and O–H groups in total. The van der Waals surface area contributed by atoms with Crippen LogP contribution in [0.2, 0.25) is 0 Å². The smallest absolute Gasteiger partial charge is 0.416 e. The average Bonchev–Trinajstić information content (AvgIpc) is 2.12. The Morgan fingerprint density at radius 2 is 1.83 bits per heavy atom. The van der Waals surface area contributed by atoms with Crippen molar-refractivity contribution in [1.29, 1.82) is 0 Å².